The fourth-order valence-corrected chi connectivity index (χ4v) is 4.78. The van der Waals surface area contributed by atoms with E-state index in [-0.39, 0.29) is 6.04 Å². The molecule has 2 saturated heterocycles. The van der Waals surface area contributed by atoms with Crippen molar-refractivity contribution in [1.82, 2.24) is 19.6 Å². The van der Waals surface area contributed by atoms with Gasteiger partial charge in [0.1, 0.15) is 0 Å². The van der Waals surface area contributed by atoms with Crippen LogP contribution in [0.25, 0.3) is 0 Å². The van der Waals surface area contributed by atoms with Crippen molar-refractivity contribution < 1.29 is 9.90 Å². The first-order valence-corrected chi connectivity index (χ1v) is 9.78. The third kappa shape index (κ3) is 3.64. The first-order chi connectivity index (χ1) is 13.1. The lowest BCUT2D eigenvalue weighted by atomic mass is 9.68. The average molecular weight is 368 g/mol. The first-order valence-electron chi connectivity index (χ1n) is 9.78. The number of rotatable bonds is 5. The number of fused-ring (bicyclic) bond motifs is 1. The van der Waals surface area contributed by atoms with Gasteiger partial charge in [0.05, 0.1) is 12.0 Å². The molecule has 2 fully saturated rings. The Bertz CT molecular complexity index is 774. The molecule has 0 radical (unpaired) electrons. The predicted molar refractivity (Wildman–Crippen MR) is 103 cm³/mol. The Hall–Kier alpha value is -2.18. The van der Waals surface area contributed by atoms with Gasteiger partial charge in [-0.3, -0.25) is 14.4 Å². The van der Waals surface area contributed by atoms with Crippen LogP contribution < -0.4 is 0 Å². The maximum absolute atomic E-state index is 12.0. The summed E-state index contributed by atoms with van der Waals surface area (Å²) in [6, 6.07) is 10.7. The molecule has 1 aromatic heterocycles. The third-order valence-electron chi connectivity index (χ3n) is 6.37. The van der Waals surface area contributed by atoms with Gasteiger partial charge in [-0.05, 0) is 56.6 Å². The number of likely N-dealkylation sites (tertiary alicyclic amines) is 2. The standard InChI is InChI=1S/C21H28N4O2/c1-23-11-2-8-21(20(26)27)9-13-24(16-19(21)23)14-17-4-6-18(7-5-17)15-25-12-3-10-22-25/h3-7,10,12,19H,2,8-9,11,13-16H2,1H3,(H,26,27)/t19-,21+/m1/s1. The van der Waals surface area contributed by atoms with E-state index in [1.54, 1.807) is 6.20 Å². The van der Waals surface area contributed by atoms with Crippen LogP contribution in [0.3, 0.4) is 0 Å². The van der Waals surface area contributed by atoms with Crippen LogP contribution in [-0.4, -0.2) is 63.4 Å². The molecule has 1 N–H and O–H groups in total. The molecule has 2 aliphatic rings. The number of carbonyl (C=O) groups is 1. The second kappa shape index (κ2) is 7.44. The summed E-state index contributed by atoms with van der Waals surface area (Å²) in [5.41, 5.74) is 1.95. The molecule has 1 aromatic carbocycles. The zero-order chi connectivity index (χ0) is 18.9. The molecule has 0 saturated carbocycles. The highest BCUT2D eigenvalue weighted by Crippen LogP contribution is 2.42. The first kappa shape index (κ1) is 18.2. The van der Waals surface area contributed by atoms with E-state index in [0.29, 0.717) is 0 Å². The second-order valence-corrected chi connectivity index (χ2v) is 8.07. The Morgan fingerprint density at radius 1 is 1.19 bits per heavy atom. The maximum Gasteiger partial charge on any atom is 0.311 e. The molecule has 4 rings (SSSR count). The van der Waals surface area contributed by atoms with E-state index in [2.05, 4.69) is 46.2 Å². The van der Waals surface area contributed by atoms with Gasteiger partial charge in [-0.15, -0.1) is 0 Å². The Kier molecular flexibility index (Phi) is 5.02. The molecule has 144 valence electrons. The van der Waals surface area contributed by atoms with E-state index in [0.717, 1.165) is 52.0 Å². The number of carboxylic acids is 1. The van der Waals surface area contributed by atoms with Gasteiger partial charge in [0.25, 0.3) is 0 Å². The molecule has 3 heterocycles. The highest BCUT2D eigenvalue weighted by atomic mass is 16.4. The van der Waals surface area contributed by atoms with Crippen molar-refractivity contribution in [2.24, 2.45) is 5.41 Å². The van der Waals surface area contributed by atoms with Gasteiger partial charge in [-0.25, -0.2) is 0 Å². The minimum Gasteiger partial charge on any atom is -0.481 e. The van der Waals surface area contributed by atoms with Gasteiger partial charge in [0.2, 0.25) is 0 Å². The minimum absolute atomic E-state index is 0.108. The van der Waals surface area contributed by atoms with Crippen LogP contribution in [0.15, 0.2) is 42.7 Å². The maximum atomic E-state index is 12.0. The summed E-state index contributed by atoms with van der Waals surface area (Å²) < 4.78 is 1.92. The predicted octanol–water partition coefficient (Wildman–Crippen LogP) is 2.30. The molecule has 6 heteroatoms. The molecule has 0 aliphatic carbocycles. The molecule has 2 atom stereocenters. The van der Waals surface area contributed by atoms with E-state index in [1.807, 2.05) is 16.9 Å². The Labute approximate surface area is 160 Å². The summed E-state index contributed by atoms with van der Waals surface area (Å²) in [6.07, 6.45) is 6.31. The fourth-order valence-electron chi connectivity index (χ4n) is 4.78. The molecule has 0 bridgehead atoms. The van der Waals surface area contributed by atoms with Crippen molar-refractivity contribution in [3.8, 4) is 0 Å². The van der Waals surface area contributed by atoms with E-state index in [4.69, 9.17) is 0 Å². The highest BCUT2D eigenvalue weighted by molar-refractivity contribution is 5.76. The monoisotopic (exact) mass is 368 g/mol. The van der Waals surface area contributed by atoms with Crippen molar-refractivity contribution in [3.63, 3.8) is 0 Å². The molecule has 27 heavy (non-hydrogen) atoms. The van der Waals surface area contributed by atoms with Gasteiger partial charge in [0.15, 0.2) is 0 Å². The number of aliphatic carboxylic acids is 1. The number of carboxylic acid groups (broad SMARTS) is 1. The van der Waals surface area contributed by atoms with Gasteiger partial charge < -0.3 is 10.0 Å². The lowest BCUT2D eigenvalue weighted by molar-refractivity contribution is -0.162. The van der Waals surface area contributed by atoms with Crippen molar-refractivity contribution in [3.05, 3.63) is 53.9 Å². The van der Waals surface area contributed by atoms with Crippen LogP contribution in [0.2, 0.25) is 0 Å². The number of benzene rings is 1. The van der Waals surface area contributed by atoms with Crippen LogP contribution >= 0.6 is 0 Å². The molecule has 0 unspecified atom stereocenters. The topological polar surface area (TPSA) is 61.6 Å². The lowest BCUT2D eigenvalue weighted by Gasteiger charge is -2.51. The molecular formula is C21H28N4O2. The fraction of sp³-hybridized carbons (Fsp3) is 0.524. The summed E-state index contributed by atoms with van der Waals surface area (Å²) in [5.74, 6) is -0.610. The van der Waals surface area contributed by atoms with Gasteiger partial charge in [-0.2, -0.15) is 5.10 Å². The number of piperidine rings is 2. The number of nitrogens with zero attached hydrogens (tertiary/aromatic N) is 4. The number of hydrogen-bond donors (Lipinski definition) is 1. The zero-order valence-corrected chi connectivity index (χ0v) is 15.9. The van der Waals surface area contributed by atoms with E-state index < -0.39 is 11.4 Å². The summed E-state index contributed by atoms with van der Waals surface area (Å²) >= 11 is 0. The second-order valence-electron chi connectivity index (χ2n) is 8.07. The summed E-state index contributed by atoms with van der Waals surface area (Å²) in [5, 5.41) is 14.2. The quantitative estimate of drug-likeness (QED) is 0.877. The van der Waals surface area contributed by atoms with Crippen LogP contribution in [0.5, 0.6) is 0 Å². The summed E-state index contributed by atoms with van der Waals surface area (Å²) in [4.78, 5) is 16.7. The zero-order valence-electron chi connectivity index (χ0n) is 15.9. The van der Waals surface area contributed by atoms with E-state index in [1.165, 1.54) is 11.1 Å². The molecule has 2 aromatic rings. The Morgan fingerprint density at radius 2 is 1.93 bits per heavy atom. The number of aromatic nitrogens is 2. The number of hydrogen-bond acceptors (Lipinski definition) is 4. The molecular weight excluding hydrogens is 340 g/mol. The lowest BCUT2D eigenvalue weighted by Crippen LogP contribution is -2.62. The minimum atomic E-state index is -0.610. The van der Waals surface area contributed by atoms with Gasteiger partial charge in [-0.1, -0.05) is 24.3 Å². The van der Waals surface area contributed by atoms with Crippen molar-refractivity contribution in [2.45, 2.75) is 38.4 Å². The van der Waals surface area contributed by atoms with Crippen LogP contribution in [0, 0.1) is 5.41 Å². The Balaban J connectivity index is 1.41. The van der Waals surface area contributed by atoms with Gasteiger partial charge in [0, 0.05) is 31.5 Å². The molecule has 6 nitrogen and oxygen atoms in total. The highest BCUT2D eigenvalue weighted by Gasteiger charge is 2.52. The smallest absolute Gasteiger partial charge is 0.311 e. The molecule has 0 spiro atoms. The average Bonchev–Trinajstić information content (AvgIpc) is 3.17. The summed E-state index contributed by atoms with van der Waals surface area (Å²) in [7, 11) is 2.08. The van der Waals surface area contributed by atoms with E-state index >= 15 is 0 Å². The van der Waals surface area contributed by atoms with Gasteiger partial charge >= 0.3 is 5.97 Å². The third-order valence-corrected chi connectivity index (χ3v) is 6.37. The normalized spacial score (nSPS) is 26.6. The Morgan fingerprint density at radius 3 is 2.59 bits per heavy atom. The molecule has 2 aliphatic heterocycles. The largest absolute Gasteiger partial charge is 0.481 e. The van der Waals surface area contributed by atoms with Crippen LogP contribution in [0.4, 0.5) is 0 Å². The van der Waals surface area contributed by atoms with Crippen molar-refractivity contribution >= 4 is 5.97 Å². The summed E-state index contributed by atoms with van der Waals surface area (Å²) in [6.45, 7) is 4.34. The SMILES string of the molecule is CN1CCC[C@]2(C(=O)O)CCN(Cc3ccc(Cn4cccn4)cc3)C[C@@H]12. The van der Waals surface area contributed by atoms with E-state index in [9.17, 15) is 9.90 Å². The van der Waals surface area contributed by atoms with Crippen molar-refractivity contribution in [1.29, 1.82) is 0 Å². The van der Waals surface area contributed by atoms with Crippen molar-refractivity contribution in [2.75, 3.05) is 26.7 Å². The number of likely N-dealkylation sites (N-methyl/N-ethyl adjacent to an activating group) is 1. The van der Waals surface area contributed by atoms with Crippen LogP contribution in [0.1, 0.15) is 30.4 Å². The molecule has 0 amide bonds. The van der Waals surface area contributed by atoms with Crippen LogP contribution in [-0.2, 0) is 17.9 Å².